The first-order chi connectivity index (χ1) is 12.8. The van der Waals surface area contributed by atoms with Gasteiger partial charge in [-0.15, -0.1) is 0 Å². The molecule has 1 N–H and O–H groups in total. The summed E-state index contributed by atoms with van der Waals surface area (Å²) in [6.07, 6.45) is 2.28. The van der Waals surface area contributed by atoms with E-state index < -0.39 is 5.91 Å². The molecule has 8 heteroatoms. The Hall–Kier alpha value is -1.95. The van der Waals surface area contributed by atoms with Crippen LogP contribution in [0.1, 0.15) is 36.2 Å². The summed E-state index contributed by atoms with van der Waals surface area (Å²) >= 11 is 18.1. The van der Waals surface area contributed by atoms with Gasteiger partial charge in [-0.25, -0.2) is 5.43 Å². The highest BCUT2D eigenvalue weighted by molar-refractivity contribution is 6.36. The molecule has 0 aliphatic heterocycles. The summed E-state index contributed by atoms with van der Waals surface area (Å²) in [6.45, 7) is 3.96. The second-order valence-electron chi connectivity index (χ2n) is 5.69. The van der Waals surface area contributed by atoms with Crippen LogP contribution in [-0.2, 0) is 0 Å². The summed E-state index contributed by atoms with van der Waals surface area (Å²) < 4.78 is 11.1. The van der Waals surface area contributed by atoms with Crippen LogP contribution in [0.5, 0.6) is 11.5 Å². The van der Waals surface area contributed by atoms with E-state index in [1.54, 1.807) is 18.2 Å². The normalized spacial score (nSPS) is 12.1. The van der Waals surface area contributed by atoms with E-state index in [9.17, 15) is 4.79 Å². The number of carbonyl (C=O) groups is 1. The second-order valence-corrected chi connectivity index (χ2v) is 6.94. The number of nitrogens with zero attached hydrogens (tertiary/aromatic N) is 1. The van der Waals surface area contributed by atoms with E-state index in [1.165, 1.54) is 25.5 Å². The zero-order valence-corrected chi connectivity index (χ0v) is 17.3. The van der Waals surface area contributed by atoms with E-state index in [2.05, 4.69) is 10.5 Å². The molecule has 0 unspecified atom stereocenters. The summed E-state index contributed by atoms with van der Waals surface area (Å²) in [7, 11) is 1.53. The Bertz CT molecular complexity index is 856. The molecule has 2 aromatic rings. The van der Waals surface area contributed by atoms with Gasteiger partial charge >= 0.3 is 0 Å². The lowest BCUT2D eigenvalue weighted by atomic mass is 10.2. The van der Waals surface area contributed by atoms with Crippen molar-refractivity contribution in [1.29, 1.82) is 0 Å². The van der Waals surface area contributed by atoms with Crippen LogP contribution in [0, 0.1) is 0 Å². The van der Waals surface area contributed by atoms with Crippen molar-refractivity contribution in [1.82, 2.24) is 5.43 Å². The Morgan fingerprint density at radius 3 is 2.59 bits per heavy atom. The van der Waals surface area contributed by atoms with Gasteiger partial charge in [-0.05, 0) is 49.2 Å². The minimum absolute atomic E-state index is 0.000621. The van der Waals surface area contributed by atoms with E-state index in [-0.39, 0.29) is 16.7 Å². The highest BCUT2D eigenvalue weighted by atomic mass is 35.5. The average Bonchev–Trinajstić information content (AvgIpc) is 2.63. The predicted octanol–water partition coefficient (Wildman–Crippen LogP) is 5.60. The highest BCUT2D eigenvalue weighted by Crippen LogP contribution is 2.37. The standard InChI is InChI=1S/C19H19Cl3N2O3/c1-4-11(2)27-18-16(22)7-12(8-17(18)26-3)10-23-24-19(25)14-6-5-13(20)9-15(14)21/h5-11H,4H2,1-3H3,(H,24,25)/b23-10-/t11-/m1/s1. The van der Waals surface area contributed by atoms with Gasteiger partial charge in [-0.3, -0.25) is 4.79 Å². The molecule has 0 saturated heterocycles. The lowest BCUT2D eigenvalue weighted by Gasteiger charge is -2.17. The SMILES string of the molecule is CC[C@@H](C)Oc1c(Cl)cc(/C=N\NC(=O)c2ccc(Cl)cc2Cl)cc1OC. The third kappa shape index (κ3) is 5.76. The lowest BCUT2D eigenvalue weighted by Crippen LogP contribution is -2.18. The van der Waals surface area contributed by atoms with Gasteiger partial charge in [-0.2, -0.15) is 5.10 Å². The van der Waals surface area contributed by atoms with E-state index in [4.69, 9.17) is 44.3 Å². The van der Waals surface area contributed by atoms with Crippen LogP contribution in [0.2, 0.25) is 15.1 Å². The number of ether oxygens (including phenoxy) is 2. The van der Waals surface area contributed by atoms with Crippen LogP contribution < -0.4 is 14.9 Å². The van der Waals surface area contributed by atoms with Crippen LogP contribution >= 0.6 is 34.8 Å². The molecule has 0 saturated carbocycles. The number of nitrogens with one attached hydrogen (secondary N) is 1. The van der Waals surface area contributed by atoms with Crippen molar-refractivity contribution >= 4 is 46.9 Å². The molecule has 0 aromatic heterocycles. The molecule has 0 aliphatic carbocycles. The number of hydrogen-bond donors (Lipinski definition) is 1. The minimum Gasteiger partial charge on any atom is -0.493 e. The first-order valence-corrected chi connectivity index (χ1v) is 9.31. The fourth-order valence-corrected chi connectivity index (χ4v) is 2.87. The van der Waals surface area contributed by atoms with Gasteiger partial charge in [0.25, 0.3) is 5.91 Å². The summed E-state index contributed by atoms with van der Waals surface area (Å²) in [5.74, 6) is 0.502. The fraction of sp³-hybridized carbons (Fsp3) is 0.263. The number of hydrogen-bond acceptors (Lipinski definition) is 4. The molecule has 2 rings (SSSR count). The van der Waals surface area contributed by atoms with Crippen LogP contribution in [0.3, 0.4) is 0 Å². The van der Waals surface area contributed by atoms with Gasteiger partial charge in [0, 0.05) is 5.02 Å². The molecule has 0 radical (unpaired) electrons. The molecule has 0 spiro atoms. The van der Waals surface area contributed by atoms with Crippen molar-refractivity contribution in [3.05, 3.63) is 56.5 Å². The molecule has 27 heavy (non-hydrogen) atoms. The molecular weight excluding hydrogens is 411 g/mol. The maximum absolute atomic E-state index is 12.1. The maximum atomic E-state index is 12.1. The monoisotopic (exact) mass is 428 g/mol. The number of rotatable bonds is 7. The number of halogens is 3. The Kier molecular flexibility index (Phi) is 7.78. The first kappa shape index (κ1) is 21.4. The maximum Gasteiger partial charge on any atom is 0.272 e. The van der Waals surface area contributed by atoms with Crippen LogP contribution in [0.4, 0.5) is 0 Å². The smallest absolute Gasteiger partial charge is 0.272 e. The number of amides is 1. The van der Waals surface area contributed by atoms with Gasteiger partial charge in [0.1, 0.15) is 0 Å². The topological polar surface area (TPSA) is 59.9 Å². The van der Waals surface area contributed by atoms with Gasteiger partial charge < -0.3 is 9.47 Å². The van der Waals surface area contributed by atoms with Crippen molar-refractivity contribution in [2.75, 3.05) is 7.11 Å². The number of hydrazone groups is 1. The minimum atomic E-state index is -0.456. The van der Waals surface area contributed by atoms with E-state index in [0.29, 0.717) is 27.1 Å². The molecule has 144 valence electrons. The van der Waals surface area contributed by atoms with Gasteiger partial charge in [0.2, 0.25) is 0 Å². The van der Waals surface area contributed by atoms with Crippen molar-refractivity contribution in [2.24, 2.45) is 5.10 Å². The van der Waals surface area contributed by atoms with Gasteiger partial charge in [0.05, 0.1) is 35.0 Å². The lowest BCUT2D eigenvalue weighted by molar-refractivity contribution is 0.0955. The number of methoxy groups -OCH3 is 1. The van der Waals surface area contributed by atoms with Crippen LogP contribution in [-0.4, -0.2) is 25.3 Å². The second kappa shape index (κ2) is 9.83. The molecule has 1 amide bonds. The van der Waals surface area contributed by atoms with Crippen LogP contribution in [0.15, 0.2) is 35.4 Å². The van der Waals surface area contributed by atoms with E-state index >= 15 is 0 Å². The first-order valence-electron chi connectivity index (χ1n) is 8.18. The number of benzene rings is 2. The molecule has 5 nitrogen and oxygen atoms in total. The summed E-state index contributed by atoms with van der Waals surface area (Å²) in [6, 6.07) is 7.98. The van der Waals surface area contributed by atoms with Crippen molar-refractivity contribution in [3.8, 4) is 11.5 Å². The molecule has 0 heterocycles. The van der Waals surface area contributed by atoms with Gasteiger partial charge in [0.15, 0.2) is 11.5 Å². The highest BCUT2D eigenvalue weighted by Gasteiger charge is 2.14. The van der Waals surface area contributed by atoms with Crippen molar-refractivity contribution in [2.45, 2.75) is 26.4 Å². The molecule has 0 bridgehead atoms. The van der Waals surface area contributed by atoms with Gasteiger partial charge in [-0.1, -0.05) is 41.7 Å². The Labute approximate surface area is 173 Å². The zero-order chi connectivity index (χ0) is 20.0. The third-order valence-electron chi connectivity index (χ3n) is 3.70. The van der Waals surface area contributed by atoms with Crippen molar-refractivity contribution in [3.63, 3.8) is 0 Å². The average molecular weight is 430 g/mol. The molecule has 1 atom stereocenters. The molecule has 0 aliphatic rings. The largest absolute Gasteiger partial charge is 0.493 e. The molecule has 0 fully saturated rings. The van der Waals surface area contributed by atoms with Crippen LogP contribution in [0.25, 0.3) is 0 Å². The quantitative estimate of drug-likeness (QED) is 0.460. The molecular formula is C19H19Cl3N2O3. The Morgan fingerprint density at radius 2 is 1.96 bits per heavy atom. The summed E-state index contributed by atoms with van der Waals surface area (Å²) in [5, 5.41) is 5.01. The zero-order valence-electron chi connectivity index (χ0n) is 15.1. The number of carbonyl (C=O) groups excluding carboxylic acids is 1. The Morgan fingerprint density at radius 1 is 1.22 bits per heavy atom. The van der Waals surface area contributed by atoms with Crippen molar-refractivity contribution < 1.29 is 14.3 Å². The van der Waals surface area contributed by atoms with E-state index in [0.717, 1.165) is 6.42 Å². The van der Waals surface area contributed by atoms with E-state index in [1.807, 2.05) is 13.8 Å². The summed E-state index contributed by atoms with van der Waals surface area (Å²) in [4.78, 5) is 12.1. The Balaban J connectivity index is 2.14. The molecule has 2 aromatic carbocycles. The predicted molar refractivity (Wildman–Crippen MR) is 110 cm³/mol. The fourth-order valence-electron chi connectivity index (χ4n) is 2.11. The third-order valence-corrected chi connectivity index (χ3v) is 4.53. The summed E-state index contributed by atoms with van der Waals surface area (Å²) in [5.41, 5.74) is 3.31.